The van der Waals surface area contributed by atoms with E-state index in [1.54, 1.807) is 49.4 Å². The van der Waals surface area contributed by atoms with Crippen LogP contribution in [0.25, 0.3) is 5.70 Å². The molecule has 0 spiro atoms. The molecule has 0 unspecified atom stereocenters. The minimum absolute atomic E-state index is 0.0273. The molecule has 1 heterocycles. The Labute approximate surface area is 150 Å². The number of nitrogens with two attached hydrogens (primary N) is 1. The first-order valence-electron chi connectivity index (χ1n) is 7.79. The predicted molar refractivity (Wildman–Crippen MR) is 95.8 cm³/mol. The molecule has 1 aliphatic rings. The van der Waals surface area contributed by atoms with Gasteiger partial charge in [-0.2, -0.15) is 0 Å². The van der Waals surface area contributed by atoms with Crippen LogP contribution in [0.1, 0.15) is 22.8 Å². The van der Waals surface area contributed by atoms with Crippen LogP contribution in [0.15, 0.2) is 58.3 Å². The summed E-state index contributed by atoms with van der Waals surface area (Å²) in [6.45, 7) is 1.98. The van der Waals surface area contributed by atoms with Crippen molar-refractivity contribution in [3.63, 3.8) is 0 Å². The standard InChI is InChI=1S/C18H16N2O5S/c1-2-25-18(22)11-7-9-12(10-8-11)20-15-13-5-3-4-6-14(13)26(23,24)16(15)17(19)21/h3-10,20H,2H2,1H3,(H2,19,21). The van der Waals surface area contributed by atoms with Gasteiger partial charge >= 0.3 is 5.97 Å². The van der Waals surface area contributed by atoms with Crippen molar-refractivity contribution in [2.75, 3.05) is 11.9 Å². The van der Waals surface area contributed by atoms with E-state index in [2.05, 4.69) is 5.32 Å². The minimum Gasteiger partial charge on any atom is -0.462 e. The van der Waals surface area contributed by atoms with Gasteiger partial charge in [-0.1, -0.05) is 18.2 Å². The number of carbonyl (C=O) groups excluding carboxylic acids is 2. The second kappa shape index (κ2) is 6.64. The smallest absolute Gasteiger partial charge is 0.338 e. The van der Waals surface area contributed by atoms with Gasteiger partial charge in [-0.25, -0.2) is 13.2 Å². The third kappa shape index (κ3) is 2.95. The average molecular weight is 372 g/mol. The Kier molecular flexibility index (Phi) is 4.52. The number of esters is 1. The topological polar surface area (TPSA) is 116 Å². The van der Waals surface area contributed by atoms with Gasteiger partial charge < -0.3 is 15.8 Å². The summed E-state index contributed by atoms with van der Waals surface area (Å²) in [5.74, 6) is -1.49. The van der Waals surface area contributed by atoms with Crippen molar-refractivity contribution in [2.24, 2.45) is 5.73 Å². The van der Waals surface area contributed by atoms with Crippen molar-refractivity contribution >= 4 is 33.1 Å². The normalized spacial score (nSPS) is 14.7. The van der Waals surface area contributed by atoms with Crippen molar-refractivity contribution in [1.82, 2.24) is 0 Å². The van der Waals surface area contributed by atoms with Crippen molar-refractivity contribution in [3.8, 4) is 0 Å². The highest BCUT2D eigenvalue weighted by atomic mass is 32.2. The maximum Gasteiger partial charge on any atom is 0.338 e. The lowest BCUT2D eigenvalue weighted by Crippen LogP contribution is -2.20. The zero-order chi connectivity index (χ0) is 18.9. The second-order valence-corrected chi connectivity index (χ2v) is 7.35. The van der Waals surface area contributed by atoms with E-state index in [1.165, 1.54) is 6.07 Å². The predicted octanol–water partition coefficient (Wildman–Crippen LogP) is 1.92. The lowest BCUT2D eigenvalue weighted by Gasteiger charge is -2.10. The summed E-state index contributed by atoms with van der Waals surface area (Å²) in [7, 11) is -3.98. The lowest BCUT2D eigenvalue weighted by molar-refractivity contribution is -0.113. The molecule has 0 aliphatic carbocycles. The molecule has 7 nitrogen and oxygen atoms in total. The van der Waals surface area contributed by atoms with Gasteiger partial charge in [0, 0.05) is 11.3 Å². The molecular formula is C18H16N2O5S. The largest absolute Gasteiger partial charge is 0.462 e. The van der Waals surface area contributed by atoms with Crippen LogP contribution in [0.5, 0.6) is 0 Å². The van der Waals surface area contributed by atoms with Gasteiger partial charge in [-0.15, -0.1) is 0 Å². The highest BCUT2D eigenvalue weighted by Crippen LogP contribution is 2.39. The van der Waals surface area contributed by atoms with Gasteiger partial charge in [0.1, 0.15) is 0 Å². The Morgan fingerprint density at radius 3 is 2.35 bits per heavy atom. The van der Waals surface area contributed by atoms with E-state index in [1.807, 2.05) is 0 Å². The fourth-order valence-electron chi connectivity index (χ4n) is 2.70. The number of benzene rings is 2. The van der Waals surface area contributed by atoms with Crippen molar-refractivity contribution in [2.45, 2.75) is 11.8 Å². The number of nitrogens with one attached hydrogen (secondary N) is 1. The number of anilines is 1. The van der Waals surface area contributed by atoms with Crippen LogP contribution in [0.2, 0.25) is 0 Å². The zero-order valence-electron chi connectivity index (χ0n) is 13.9. The lowest BCUT2D eigenvalue weighted by atomic mass is 10.1. The quantitative estimate of drug-likeness (QED) is 0.775. The molecule has 0 bridgehead atoms. The number of fused-ring (bicyclic) bond motifs is 1. The number of sulfone groups is 1. The Morgan fingerprint density at radius 1 is 1.08 bits per heavy atom. The molecule has 0 radical (unpaired) electrons. The number of hydrogen-bond donors (Lipinski definition) is 2. The maximum atomic E-state index is 12.6. The molecule has 0 aromatic heterocycles. The molecule has 8 heteroatoms. The highest BCUT2D eigenvalue weighted by Gasteiger charge is 2.38. The van der Waals surface area contributed by atoms with E-state index < -0.39 is 26.6 Å². The van der Waals surface area contributed by atoms with Crippen LogP contribution in [0.4, 0.5) is 5.69 Å². The van der Waals surface area contributed by atoms with E-state index in [4.69, 9.17) is 10.5 Å². The third-order valence-corrected chi connectivity index (χ3v) is 5.71. The molecule has 0 atom stereocenters. The molecular weight excluding hydrogens is 356 g/mol. The summed E-state index contributed by atoms with van der Waals surface area (Å²) in [5.41, 5.74) is 6.67. The molecule has 0 saturated heterocycles. The Hall–Kier alpha value is -3.13. The Bertz CT molecular complexity index is 1020. The number of hydrogen-bond acceptors (Lipinski definition) is 6. The van der Waals surface area contributed by atoms with Gasteiger partial charge in [-0.05, 0) is 37.3 Å². The first-order chi connectivity index (χ1) is 12.4. The van der Waals surface area contributed by atoms with E-state index in [0.717, 1.165) is 0 Å². The number of ether oxygens (including phenoxy) is 1. The van der Waals surface area contributed by atoms with Crippen LogP contribution in [0, 0.1) is 0 Å². The highest BCUT2D eigenvalue weighted by molar-refractivity contribution is 7.97. The molecule has 26 heavy (non-hydrogen) atoms. The van der Waals surface area contributed by atoms with Crippen molar-refractivity contribution in [3.05, 3.63) is 64.6 Å². The Balaban J connectivity index is 2.01. The molecule has 134 valence electrons. The molecule has 0 saturated carbocycles. The number of rotatable bonds is 5. The summed E-state index contributed by atoms with van der Waals surface area (Å²) < 4.78 is 30.1. The Morgan fingerprint density at radius 2 is 1.73 bits per heavy atom. The van der Waals surface area contributed by atoms with Gasteiger partial charge in [0.2, 0.25) is 9.84 Å². The molecule has 3 N–H and O–H groups in total. The summed E-state index contributed by atoms with van der Waals surface area (Å²) in [4.78, 5) is 23.0. The van der Waals surface area contributed by atoms with Crippen molar-refractivity contribution in [1.29, 1.82) is 0 Å². The molecule has 3 rings (SSSR count). The molecule has 2 aromatic rings. The summed E-state index contributed by atoms with van der Waals surface area (Å²) in [5, 5.41) is 2.93. The van der Waals surface area contributed by atoms with Gasteiger partial charge in [0.05, 0.1) is 22.8 Å². The third-order valence-electron chi connectivity index (χ3n) is 3.83. The van der Waals surface area contributed by atoms with Crippen LogP contribution in [-0.4, -0.2) is 26.9 Å². The zero-order valence-corrected chi connectivity index (χ0v) is 14.7. The van der Waals surface area contributed by atoms with Gasteiger partial charge in [-0.3, -0.25) is 4.79 Å². The first kappa shape index (κ1) is 17.7. The van der Waals surface area contributed by atoms with E-state index in [9.17, 15) is 18.0 Å². The fourth-order valence-corrected chi connectivity index (χ4v) is 4.33. The SMILES string of the molecule is CCOC(=O)c1ccc(NC2=C(C(N)=O)S(=O)(=O)c3ccccc32)cc1. The second-order valence-electron chi connectivity index (χ2n) is 5.49. The summed E-state index contributed by atoms with van der Waals surface area (Å²) in [6, 6.07) is 12.5. The van der Waals surface area contributed by atoms with E-state index in [-0.39, 0.29) is 17.2 Å². The van der Waals surface area contributed by atoms with Crippen LogP contribution >= 0.6 is 0 Å². The molecule has 0 fully saturated rings. The van der Waals surface area contributed by atoms with Crippen LogP contribution < -0.4 is 11.1 Å². The fraction of sp³-hybridized carbons (Fsp3) is 0.111. The van der Waals surface area contributed by atoms with Gasteiger partial charge in [0.25, 0.3) is 5.91 Å². The molecule has 1 aliphatic heterocycles. The summed E-state index contributed by atoms with van der Waals surface area (Å²) in [6.07, 6.45) is 0. The van der Waals surface area contributed by atoms with E-state index >= 15 is 0 Å². The van der Waals surface area contributed by atoms with E-state index in [0.29, 0.717) is 16.8 Å². The number of amides is 1. The summed E-state index contributed by atoms with van der Waals surface area (Å²) >= 11 is 0. The molecule has 1 amide bonds. The van der Waals surface area contributed by atoms with Gasteiger partial charge in [0.15, 0.2) is 4.91 Å². The number of primary amides is 1. The molecule has 2 aromatic carbocycles. The minimum atomic E-state index is -3.98. The monoisotopic (exact) mass is 372 g/mol. The van der Waals surface area contributed by atoms with Crippen molar-refractivity contribution < 1.29 is 22.7 Å². The number of carbonyl (C=O) groups is 2. The average Bonchev–Trinajstić information content (AvgIpc) is 2.83. The van der Waals surface area contributed by atoms with Crippen LogP contribution in [-0.2, 0) is 19.4 Å². The first-order valence-corrected chi connectivity index (χ1v) is 9.27. The van der Waals surface area contributed by atoms with Crippen LogP contribution in [0.3, 0.4) is 0 Å². The maximum absolute atomic E-state index is 12.6.